The van der Waals surface area contributed by atoms with Gasteiger partial charge in [0.2, 0.25) is 0 Å². The van der Waals surface area contributed by atoms with Gasteiger partial charge in [-0.25, -0.2) is 0 Å². The lowest BCUT2D eigenvalue weighted by Crippen LogP contribution is -2.32. The normalized spacial score (nSPS) is 9.88. The van der Waals surface area contributed by atoms with E-state index in [4.69, 9.17) is 16.2 Å². The molecule has 4 N–H and O–H groups in total. The summed E-state index contributed by atoms with van der Waals surface area (Å²) in [4.78, 5) is 25.3. The highest BCUT2D eigenvalue weighted by molar-refractivity contribution is 5.94. The Morgan fingerprint density at radius 3 is 2.23 bits per heavy atom. The molecule has 2 rings (SSSR count). The molecule has 2 aromatic rings. The summed E-state index contributed by atoms with van der Waals surface area (Å²) in [7, 11) is 0. The molecular weight excluding hydrogens is 354 g/mol. The third kappa shape index (κ3) is 6.74. The first-order valence-corrected chi connectivity index (χ1v) is 8.14. The summed E-state index contributed by atoms with van der Waals surface area (Å²) < 4.78 is 5.21. The summed E-state index contributed by atoms with van der Waals surface area (Å²) in [6.07, 6.45) is 0.735. The molecule has 26 heavy (non-hydrogen) atoms. The van der Waals surface area contributed by atoms with Crippen LogP contribution in [0.15, 0.2) is 54.6 Å². The molecule has 0 aromatic heterocycles. The maximum Gasteiger partial charge on any atom is 0.255 e. The van der Waals surface area contributed by atoms with E-state index in [-0.39, 0.29) is 24.9 Å². The number of hydrogen-bond donors (Lipinski definition) is 2. The Morgan fingerprint density at radius 1 is 1.00 bits per heavy atom. The minimum atomic E-state index is -0.545. The smallest absolute Gasteiger partial charge is 0.255 e. The van der Waals surface area contributed by atoms with Crippen LogP contribution in [-0.4, -0.2) is 36.4 Å². The van der Waals surface area contributed by atoms with Crippen LogP contribution in [0.2, 0.25) is 0 Å². The summed E-state index contributed by atoms with van der Waals surface area (Å²) in [5, 5.41) is 0. The molecule has 7 heteroatoms. The third-order valence-electron chi connectivity index (χ3n) is 3.62. The number of nitrogens with zero attached hydrogens (tertiary/aromatic N) is 1. The molecule has 6 nitrogen and oxygen atoms in total. The zero-order valence-electron chi connectivity index (χ0n) is 14.5. The largest absolute Gasteiger partial charge is 0.484 e. The monoisotopic (exact) mass is 377 g/mol. The second-order valence-electron chi connectivity index (χ2n) is 5.63. The van der Waals surface area contributed by atoms with Crippen LogP contribution in [0.5, 0.6) is 5.75 Å². The number of ether oxygens (including phenoxy) is 1. The van der Waals surface area contributed by atoms with E-state index < -0.39 is 5.91 Å². The molecule has 2 amide bonds. The first-order valence-electron chi connectivity index (χ1n) is 8.14. The van der Waals surface area contributed by atoms with Crippen molar-refractivity contribution < 1.29 is 14.3 Å². The standard InChI is InChI=1S/C19H23N3O3.ClH/c20-11-4-12-22(13-15-5-2-1-3-6-15)19(24)16-7-9-17(10-8-16)25-14-18(21)23;/h1-3,5-10H,4,11-14,20H2,(H2,21,23);1H. The number of hydrogen-bond acceptors (Lipinski definition) is 4. The Bertz CT molecular complexity index is 693. The molecule has 0 aliphatic heterocycles. The van der Waals surface area contributed by atoms with Crippen molar-refractivity contribution in [2.24, 2.45) is 11.5 Å². The third-order valence-corrected chi connectivity index (χ3v) is 3.62. The number of carbonyl (C=O) groups is 2. The number of halogens is 1. The van der Waals surface area contributed by atoms with E-state index in [0.717, 1.165) is 12.0 Å². The maximum absolute atomic E-state index is 12.8. The maximum atomic E-state index is 12.8. The van der Waals surface area contributed by atoms with Gasteiger partial charge in [0.05, 0.1) is 0 Å². The SMILES string of the molecule is Cl.NCCCN(Cc1ccccc1)C(=O)c1ccc(OCC(N)=O)cc1. The molecule has 0 saturated carbocycles. The zero-order valence-corrected chi connectivity index (χ0v) is 15.3. The van der Waals surface area contributed by atoms with Crippen LogP contribution < -0.4 is 16.2 Å². The highest BCUT2D eigenvalue weighted by Gasteiger charge is 2.16. The summed E-state index contributed by atoms with van der Waals surface area (Å²) in [6, 6.07) is 16.5. The summed E-state index contributed by atoms with van der Waals surface area (Å²) >= 11 is 0. The number of primary amides is 1. The van der Waals surface area contributed by atoms with Gasteiger partial charge < -0.3 is 21.1 Å². The molecule has 0 aliphatic rings. The van der Waals surface area contributed by atoms with Gasteiger partial charge in [0.25, 0.3) is 11.8 Å². The van der Waals surface area contributed by atoms with Crippen LogP contribution in [0.25, 0.3) is 0 Å². The predicted octanol–water partition coefficient (Wildman–Crippen LogP) is 1.96. The summed E-state index contributed by atoms with van der Waals surface area (Å²) in [5.41, 5.74) is 12.3. The number of benzene rings is 2. The van der Waals surface area contributed by atoms with Crippen molar-refractivity contribution in [3.63, 3.8) is 0 Å². The van der Waals surface area contributed by atoms with Gasteiger partial charge in [-0.2, -0.15) is 0 Å². The minimum Gasteiger partial charge on any atom is -0.484 e. The first-order chi connectivity index (χ1) is 12.1. The lowest BCUT2D eigenvalue weighted by molar-refractivity contribution is -0.119. The van der Waals surface area contributed by atoms with Gasteiger partial charge in [0, 0.05) is 18.7 Å². The number of amides is 2. The van der Waals surface area contributed by atoms with Gasteiger partial charge in [-0.3, -0.25) is 9.59 Å². The summed E-state index contributed by atoms with van der Waals surface area (Å²) in [6.45, 7) is 1.45. The van der Waals surface area contributed by atoms with E-state index in [1.54, 1.807) is 29.2 Å². The van der Waals surface area contributed by atoms with Gasteiger partial charge in [0.1, 0.15) is 5.75 Å². The molecule has 0 saturated heterocycles. The second kappa shape index (κ2) is 11.1. The molecular formula is C19H24ClN3O3. The van der Waals surface area contributed by atoms with Crippen molar-refractivity contribution in [2.75, 3.05) is 19.7 Å². The van der Waals surface area contributed by atoms with Crippen molar-refractivity contribution in [3.05, 3.63) is 65.7 Å². The lowest BCUT2D eigenvalue weighted by atomic mass is 10.1. The van der Waals surface area contributed by atoms with Crippen molar-refractivity contribution in [1.29, 1.82) is 0 Å². The zero-order chi connectivity index (χ0) is 18.1. The Morgan fingerprint density at radius 2 is 1.65 bits per heavy atom. The van der Waals surface area contributed by atoms with E-state index in [1.165, 1.54) is 0 Å². The van der Waals surface area contributed by atoms with Gasteiger partial charge in [-0.05, 0) is 42.8 Å². The van der Waals surface area contributed by atoms with E-state index in [1.807, 2.05) is 30.3 Å². The van der Waals surface area contributed by atoms with Crippen molar-refractivity contribution in [1.82, 2.24) is 4.90 Å². The number of rotatable bonds is 9. The fraction of sp³-hybridized carbons (Fsp3) is 0.263. The van der Waals surface area contributed by atoms with Gasteiger partial charge in [0.15, 0.2) is 6.61 Å². The quantitative estimate of drug-likeness (QED) is 0.697. The second-order valence-corrected chi connectivity index (χ2v) is 5.63. The molecule has 0 heterocycles. The van der Waals surface area contributed by atoms with Crippen molar-refractivity contribution in [3.8, 4) is 5.75 Å². The number of carbonyl (C=O) groups excluding carboxylic acids is 2. The first kappa shape index (κ1) is 21.5. The lowest BCUT2D eigenvalue weighted by Gasteiger charge is -2.23. The van der Waals surface area contributed by atoms with Crippen LogP contribution in [0, 0.1) is 0 Å². The minimum absolute atomic E-state index is 0. The van der Waals surface area contributed by atoms with Gasteiger partial charge >= 0.3 is 0 Å². The molecule has 0 spiro atoms. The molecule has 0 atom stereocenters. The highest BCUT2D eigenvalue weighted by Crippen LogP contribution is 2.15. The Hall–Kier alpha value is -2.57. The van der Waals surface area contributed by atoms with Crippen LogP contribution >= 0.6 is 12.4 Å². The van der Waals surface area contributed by atoms with Gasteiger partial charge in [-0.1, -0.05) is 30.3 Å². The van der Waals surface area contributed by atoms with Crippen molar-refractivity contribution >= 4 is 24.2 Å². The van der Waals surface area contributed by atoms with Crippen molar-refractivity contribution in [2.45, 2.75) is 13.0 Å². The van der Waals surface area contributed by atoms with E-state index in [2.05, 4.69) is 0 Å². The topological polar surface area (TPSA) is 98.7 Å². The van der Waals surface area contributed by atoms with Crippen LogP contribution in [0.3, 0.4) is 0 Å². The number of nitrogens with two attached hydrogens (primary N) is 2. The van der Waals surface area contributed by atoms with E-state index in [0.29, 0.717) is 30.9 Å². The molecule has 140 valence electrons. The molecule has 0 radical (unpaired) electrons. The average molecular weight is 378 g/mol. The van der Waals surface area contributed by atoms with E-state index in [9.17, 15) is 9.59 Å². The fourth-order valence-electron chi connectivity index (χ4n) is 2.37. The Kier molecular flexibility index (Phi) is 9.19. The van der Waals surface area contributed by atoms with Crippen LogP contribution in [0.1, 0.15) is 22.3 Å². The Balaban J connectivity index is 0.00000338. The van der Waals surface area contributed by atoms with Crippen LogP contribution in [-0.2, 0) is 11.3 Å². The van der Waals surface area contributed by atoms with E-state index >= 15 is 0 Å². The molecule has 0 unspecified atom stereocenters. The predicted molar refractivity (Wildman–Crippen MR) is 103 cm³/mol. The van der Waals surface area contributed by atoms with Crippen LogP contribution in [0.4, 0.5) is 0 Å². The molecule has 0 aliphatic carbocycles. The Labute approximate surface area is 159 Å². The molecule has 0 fully saturated rings. The average Bonchev–Trinajstić information content (AvgIpc) is 2.64. The highest BCUT2D eigenvalue weighted by atomic mass is 35.5. The molecule has 2 aromatic carbocycles. The summed E-state index contributed by atoms with van der Waals surface area (Å²) in [5.74, 6) is -0.123. The van der Waals surface area contributed by atoms with Gasteiger partial charge in [-0.15, -0.1) is 12.4 Å². The fourth-order valence-corrected chi connectivity index (χ4v) is 2.37. The molecule has 0 bridgehead atoms.